The molecule has 0 aliphatic rings. The van der Waals surface area contributed by atoms with Crippen LogP contribution < -0.4 is 14.2 Å². The predicted octanol–water partition coefficient (Wildman–Crippen LogP) is 2.11. The van der Waals surface area contributed by atoms with Crippen molar-refractivity contribution in [1.82, 2.24) is 0 Å². The Morgan fingerprint density at radius 3 is 2.05 bits per heavy atom. The number of alkyl halides is 3. The van der Waals surface area contributed by atoms with Crippen LogP contribution in [0, 0.1) is 0 Å². The van der Waals surface area contributed by atoms with Gasteiger partial charge in [0.2, 0.25) is 5.75 Å². The molecule has 0 unspecified atom stereocenters. The molecule has 0 aromatic heterocycles. The van der Waals surface area contributed by atoms with Crippen molar-refractivity contribution in [2.75, 3.05) is 27.6 Å². The van der Waals surface area contributed by atoms with Gasteiger partial charge in [0.05, 0.1) is 20.8 Å². The molecule has 0 saturated carbocycles. The van der Waals surface area contributed by atoms with E-state index in [0.29, 0.717) is 5.56 Å². The van der Waals surface area contributed by atoms with Crippen molar-refractivity contribution in [3.63, 3.8) is 0 Å². The van der Waals surface area contributed by atoms with E-state index in [-0.39, 0.29) is 23.9 Å². The maximum Gasteiger partial charge on any atom is 0.411 e. The normalized spacial score (nSPS) is 11.3. The summed E-state index contributed by atoms with van der Waals surface area (Å²) in [5, 5.41) is 9.07. The van der Waals surface area contributed by atoms with E-state index in [0.717, 1.165) is 0 Å². The summed E-state index contributed by atoms with van der Waals surface area (Å²) in [4.78, 5) is 0. The molecule has 0 bridgehead atoms. The molecule has 0 saturated heterocycles. The van der Waals surface area contributed by atoms with Gasteiger partial charge in [-0.1, -0.05) is 0 Å². The number of rotatable bonds is 7. The first-order valence-electron chi connectivity index (χ1n) is 5.54. The SMILES string of the molecule is COc1cc(CO)cc(OC)c1OCOCC(F)(F)F. The number of ether oxygens (including phenoxy) is 4. The van der Waals surface area contributed by atoms with Gasteiger partial charge in [0.25, 0.3) is 0 Å². The molecule has 0 amide bonds. The topological polar surface area (TPSA) is 57.2 Å². The van der Waals surface area contributed by atoms with Gasteiger partial charge in [0.1, 0.15) is 6.61 Å². The zero-order valence-corrected chi connectivity index (χ0v) is 11.0. The highest BCUT2D eigenvalue weighted by Crippen LogP contribution is 2.38. The van der Waals surface area contributed by atoms with E-state index >= 15 is 0 Å². The smallest absolute Gasteiger partial charge is 0.411 e. The number of benzene rings is 1. The van der Waals surface area contributed by atoms with E-state index in [4.69, 9.17) is 19.3 Å². The molecule has 0 atom stereocenters. The van der Waals surface area contributed by atoms with Crippen LogP contribution in [-0.4, -0.2) is 38.9 Å². The summed E-state index contributed by atoms with van der Waals surface area (Å²) in [7, 11) is 2.72. The minimum atomic E-state index is -4.42. The molecular weight excluding hydrogens is 281 g/mol. The average molecular weight is 296 g/mol. The Labute approximate surface area is 113 Å². The molecule has 5 nitrogen and oxygen atoms in total. The molecule has 0 aliphatic heterocycles. The minimum Gasteiger partial charge on any atom is -0.493 e. The molecule has 0 radical (unpaired) electrons. The molecule has 1 aromatic carbocycles. The Hall–Kier alpha value is -1.67. The standard InChI is InChI=1S/C12H15F3O5/c1-17-9-3-8(5-16)4-10(18-2)11(9)20-7-19-6-12(13,14)15/h3-4,16H,5-7H2,1-2H3. The number of methoxy groups -OCH3 is 2. The van der Waals surface area contributed by atoms with E-state index in [1.165, 1.54) is 26.4 Å². The fraction of sp³-hybridized carbons (Fsp3) is 0.500. The number of hydrogen-bond acceptors (Lipinski definition) is 5. The van der Waals surface area contributed by atoms with Gasteiger partial charge in [-0.15, -0.1) is 0 Å². The van der Waals surface area contributed by atoms with Crippen molar-refractivity contribution in [3.05, 3.63) is 17.7 Å². The number of hydrogen-bond donors (Lipinski definition) is 1. The first kappa shape index (κ1) is 16.4. The Kier molecular flexibility index (Phi) is 5.90. The van der Waals surface area contributed by atoms with Gasteiger partial charge in [-0.25, -0.2) is 0 Å². The first-order chi connectivity index (χ1) is 9.41. The summed E-state index contributed by atoms with van der Waals surface area (Å²) < 4.78 is 55.2. The van der Waals surface area contributed by atoms with Gasteiger partial charge in [0.15, 0.2) is 18.3 Å². The second-order valence-corrected chi connectivity index (χ2v) is 3.71. The van der Waals surface area contributed by atoms with Crippen LogP contribution in [0.5, 0.6) is 17.2 Å². The van der Waals surface area contributed by atoms with Crippen LogP contribution in [0.3, 0.4) is 0 Å². The lowest BCUT2D eigenvalue weighted by Crippen LogP contribution is -2.19. The lowest BCUT2D eigenvalue weighted by Gasteiger charge is -2.16. The number of aliphatic hydroxyl groups excluding tert-OH is 1. The largest absolute Gasteiger partial charge is 0.493 e. The van der Waals surface area contributed by atoms with Crippen LogP contribution in [-0.2, 0) is 11.3 Å². The number of halogens is 3. The van der Waals surface area contributed by atoms with Crippen molar-refractivity contribution in [3.8, 4) is 17.2 Å². The second kappa shape index (κ2) is 7.20. The van der Waals surface area contributed by atoms with Crippen LogP contribution in [0.2, 0.25) is 0 Å². The quantitative estimate of drug-likeness (QED) is 0.617. The van der Waals surface area contributed by atoms with Crippen molar-refractivity contribution in [2.45, 2.75) is 12.8 Å². The zero-order chi connectivity index (χ0) is 15.2. The fourth-order valence-corrected chi connectivity index (χ4v) is 1.43. The average Bonchev–Trinajstić information content (AvgIpc) is 2.41. The van der Waals surface area contributed by atoms with Crippen LogP contribution in [0.25, 0.3) is 0 Å². The highest BCUT2D eigenvalue weighted by molar-refractivity contribution is 5.53. The zero-order valence-electron chi connectivity index (χ0n) is 11.0. The Morgan fingerprint density at radius 1 is 1.10 bits per heavy atom. The monoisotopic (exact) mass is 296 g/mol. The van der Waals surface area contributed by atoms with Crippen LogP contribution in [0.4, 0.5) is 13.2 Å². The van der Waals surface area contributed by atoms with Crippen LogP contribution in [0.15, 0.2) is 12.1 Å². The van der Waals surface area contributed by atoms with Gasteiger partial charge in [-0.3, -0.25) is 0 Å². The van der Waals surface area contributed by atoms with Gasteiger partial charge in [-0.2, -0.15) is 13.2 Å². The van der Waals surface area contributed by atoms with E-state index in [9.17, 15) is 13.2 Å². The molecule has 8 heteroatoms. The first-order valence-corrected chi connectivity index (χ1v) is 5.54. The third-order valence-corrected chi connectivity index (χ3v) is 2.26. The molecule has 1 aromatic rings. The van der Waals surface area contributed by atoms with Crippen LogP contribution in [0.1, 0.15) is 5.56 Å². The maximum absolute atomic E-state index is 11.9. The van der Waals surface area contributed by atoms with Crippen molar-refractivity contribution in [1.29, 1.82) is 0 Å². The molecule has 0 fully saturated rings. The van der Waals surface area contributed by atoms with Gasteiger partial charge < -0.3 is 24.1 Å². The molecule has 0 spiro atoms. The van der Waals surface area contributed by atoms with Crippen molar-refractivity contribution in [2.24, 2.45) is 0 Å². The van der Waals surface area contributed by atoms with E-state index in [2.05, 4.69) is 4.74 Å². The Bertz CT molecular complexity index is 409. The lowest BCUT2D eigenvalue weighted by atomic mass is 10.2. The molecule has 0 aliphatic carbocycles. The van der Waals surface area contributed by atoms with Crippen molar-refractivity contribution >= 4 is 0 Å². The third-order valence-electron chi connectivity index (χ3n) is 2.26. The summed E-state index contributed by atoms with van der Waals surface area (Å²) in [5.41, 5.74) is 0.516. The molecule has 20 heavy (non-hydrogen) atoms. The maximum atomic E-state index is 11.9. The van der Waals surface area contributed by atoms with E-state index < -0.39 is 19.6 Å². The highest BCUT2D eigenvalue weighted by Gasteiger charge is 2.27. The van der Waals surface area contributed by atoms with Gasteiger partial charge in [0, 0.05) is 0 Å². The fourth-order valence-electron chi connectivity index (χ4n) is 1.43. The van der Waals surface area contributed by atoms with Crippen LogP contribution >= 0.6 is 0 Å². The van der Waals surface area contributed by atoms with E-state index in [1.54, 1.807) is 0 Å². The Balaban J connectivity index is 2.77. The van der Waals surface area contributed by atoms with Gasteiger partial charge in [-0.05, 0) is 17.7 Å². The summed E-state index contributed by atoms with van der Waals surface area (Å²) in [5.74, 6) is 0.558. The predicted molar refractivity (Wildman–Crippen MR) is 63.0 cm³/mol. The van der Waals surface area contributed by atoms with Crippen molar-refractivity contribution < 1.29 is 37.2 Å². The molecule has 0 heterocycles. The minimum absolute atomic E-state index is 0.106. The Morgan fingerprint density at radius 2 is 1.65 bits per heavy atom. The highest BCUT2D eigenvalue weighted by atomic mass is 19.4. The van der Waals surface area contributed by atoms with E-state index in [1.807, 2.05) is 0 Å². The summed E-state index contributed by atoms with van der Waals surface area (Å²) in [6.07, 6.45) is -4.42. The number of aliphatic hydroxyl groups is 1. The lowest BCUT2D eigenvalue weighted by molar-refractivity contribution is -0.187. The summed E-state index contributed by atoms with van der Waals surface area (Å²) in [6.45, 7) is -2.26. The second-order valence-electron chi connectivity index (χ2n) is 3.71. The molecular formula is C12H15F3O5. The molecule has 1 N–H and O–H groups in total. The van der Waals surface area contributed by atoms with Gasteiger partial charge >= 0.3 is 6.18 Å². The summed E-state index contributed by atoms with van der Waals surface area (Å²) in [6, 6.07) is 2.98. The third kappa shape index (κ3) is 4.78. The summed E-state index contributed by atoms with van der Waals surface area (Å²) >= 11 is 0. The molecule has 114 valence electrons. The molecule has 1 rings (SSSR count).